The topological polar surface area (TPSA) is 45.3 Å². The zero-order chi connectivity index (χ0) is 20.4. The van der Waals surface area contributed by atoms with Gasteiger partial charge in [0.1, 0.15) is 6.42 Å². The van der Waals surface area contributed by atoms with E-state index in [1.807, 2.05) is 18.2 Å². The molecule has 0 radical (unpaired) electrons. The number of fused-ring (bicyclic) bond motifs is 1. The van der Waals surface area contributed by atoms with Crippen molar-refractivity contribution in [3.8, 4) is 11.5 Å². The molecule has 0 aromatic heterocycles. The largest absolute Gasteiger partial charge is 0.454 e. The Labute approximate surface area is 168 Å². The van der Waals surface area contributed by atoms with Crippen LogP contribution in [0.4, 0.5) is 13.2 Å². The summed E-state index contributed by atoms with van der Waals surface area (Å²) >= 11 is 0. The van der Waals surface area contributed by atoms with Crippen LogP contribution in [0.1, 0.15) is 24.8 Å². The lowest BCUT2D eigenvalue weighted by atomic mass is 10.0. The summed E-state index contributed by atoms with van der Waals surface area (Å²) in [5.41, 5.74) is 1.17. The van der Waals surface area contributed by atoms with Gasteiger partial charge in [-0.05, 0) is 30.5 Å². The highest BCUT2D eigenvalue weighted by atomic mass is 19.4. The molecule has 3 aliphatic rings. The van der Waals surface area contributed by atoms with E-state index < -0.39 is 18.5 Å². The summed E-state index contributed by atoms with van der Waals surface area (Å²) in [6, 6.07) is 6.14. The van der Waals surface area contributed by atoms with Gasteiger partial charge in [-0.2, -0.15) is 13.2 Å². The van der Waals surface area contributed by atoms with E-state index in [0.29, 0.717) is 13.1 Å². The Morgan fingerprint density at radius 2 is 1.83 bits per heavy atom. The maximum absolute atomic E-state index is 12.5. The smallest absolute Gasteiger partial charge is 0.397 e. The quantitative estimate of drug-likeness (QED) is 0.759. The fraction of sp³-hybridized carbons (Fsp3) is 0.650. The van der Waals surface area contributed by atoms with Crippen LogP contribution >= 0.6 is 0 Å². The summed E-state index contributed by atoms with van der Waals surface area (Å²) in [5.74, 6) is 0.760. The molecule has 29 heavy (non-hydrogen) atoms. The fourth-order valence-corrected chi connectivity index (χ4v) is 4.35. The molecule has 160 valence electrons. The van der Waals surface area contributed by atoms with Crippen molar-refractivity contribution in [2.45, 2.75) is 38.0 Å². The number of ether oxygens (including phenoxy) is 2. The number of piperidine rings is 1. The van der Waals surface area contributed by atoms with Gasteiger partial charge in [0.2, 0.25) is 12.7 Å². The molecule has 1 unspecified atom stereocenters. The Kier molecular flexibility index (Phi) is 5.87. The molecule has 0 aliphatic carbocycles. The van der Waals surface area contributed by atoms with Crippen LogP contribution in [0.15, 0.2) is 18.2 Å². The fourth-order valence-electron chi connectivity index (χ4n) is 4.35. The minimum atomic E-state index is -4.44. The first-order valence-electron chi connectivity index (χ1n) is 10.1. The Balaban J connectivity index is 1.26. The van der Waals surface area contributed by atoms with Crippen LogP contribution in [0.25, 0.3) is 0 Å². The number of nitrogens with zero attached hydrogens (tertiary/aromatic N) is 3. The number of rotatable bonds is 4. The Bertz CT molecular complexity index is 735. The third-order valence-electron chi connectivity index (χ3n) is 5.87. The number of likely N-dealkylation sites (tertiary alicyclic amines) is 1. The summed E-state index contributed by atoms with van der Waals surface area (Å²) in [6.45, 7) is 5.41. The van der Waals surface area contributed by atoms with Crippen molar-refractivity contribution in [3.05, 3.63) is 23.8 Å². The van der Waals surface area contributed by atoms with Gasteiger partial charge in [0.05, 0.1) is 0 Å². The van der Waals surface area contributed by atoms with Crippen LogP contribution in [0.5, 0.6) is 11.5 Å². The number of amides is 1. The van der Waals surface area contributed by atoms with Crippen molar-refractivity contribution in [2.75, 3.05) is 46.1 Å². The van der Waals surface area contributed by atoms with Gasteiger partial charge in [-0.1, -0.05) is 6.07 Å². The zero-order valence-electron chi connectivity index (χ0n) is 16.3. The van der Waals surface area contributed by atoms with Gasteiger partial charge in [0.25, 0.3) is 0 Å². The molecule has 0 saturated carbocycles. The van der Waals surface area contributed by atoms with Crippen molar-refractivity contribution in [1.29, 1.82) is 0 Å². The second-order valence-electron chi connectivity index (χ2n) is 7.93. The third-order valence-corrected chi connectivity index (χ3v) is 5.87. The van der Waals surface area contributed by atoms with E-state index in [4.69, 9.17) is 9.47 Å². The molecule has 6 nitrogen and oxygen atoms in total. The Morgan fingerprint density at radius 3 is 2.59 bits per heavy atom. The predicted octanol–water partition coefficient (Wildman–Crippen LogP) is 2.48. The number of benzene rings is 1. The molecular formula is C20H26F3N3O3. The summed E-state index contributed by atoms with van der Waals surface area (Å²) in [6.07, 6.45) is -4.11. The van der Waals surface area contributed by atoms with Gasteiger partial charge in [-0.3, -0.25) is 14.6 Å². The molecule has 1 aromatic rings. The highest BCUT2D eigenvalue weighted by Gasteiger charge is 2.36. The summed E-state index contributed by atoms with van der Waals surface area (Å²) in [5, 5.41) is 0. The highest BCUT2D eigenvalue weighted by Crippen LogP contribution is 2.33. The van der Waals surface area contributed by atoms with Gasteiger partial charge in [0, 0.05) is 51.9 Å². The summed E-state index contributed by atoms with van der Waals surface area (Å²) in [7, 11) is 0. The van der Waals surface area contributed by atoms with Gasteiger partial charge in [0.15, 0.2) is 11.5 Å². The number of carbonyl (C=O) groups excluding carboxylic acids is 1. The van der Waals surface area contributed by atoms with Gasteiger partial charge < -0.3 is 14.4 Å². The van der Waals surface area contributed by atoms with Crippen molar-refractivity contribution in [3.63, 3.8) is 0 Å². The number of hydrogen-bond donors (Lipinski definition) is 0. The first kappa shape index (κ1) is 20.3. The van der Waals surface area contributed by atoms with Crippen LogP contribution < -0.4 is 9.47 Å². The first-order chi connectivity index (χ1) is 13.9. The standard InChI is InChI=1S/C20H26F3N3O3/c21-20(22,23)11-19(27)26-5-1-2-16(13-26)25-8-6-24(7-9-25)12-15-3-4-17-18(10-15)29-14-28-17/h3-4,10,16H,1-2,5-9,11-14H2. The SMILES string of the molecule is O=C(CC(F)(F)F)N1CCCC(N2CCN(Cc3ccc4c(c3)OCO4)CC2)C1. The highest BCUT2D eigenvalue weighted by molar-refractivity contribution is 5.77. The Hall–Kier alpha value is -2.00. The van der Waals surface area contributed by atoms with E-state index in [2.05, 4.69) is 9.80 Å². The molecule has 2 saturated heterocycles. The molecule has 3 heterocycles. The number of hydrogen-bond acceptors (Lipinski definition) is 5. The van der Waals surface area contributed by atoms with Gasteiger partial charge in [-0.25, -0.2) is 0 Å². The van der Waals surface area contributed by atoms with Crippen molar-refractivity contribution >= 4 is 5.91 Å². The predicted molar refractivity (Wildman–Crippen MR) is 99.7 cm³/mol. The lowest BCUT2D eigenvalue weighted by Crippen LogP contribution is -2.55. The van der Waals surface area contributed by atoms with Crippen LogP contribution in [0.2, 0.25) is 0 Å². The average molecular weight is 413 g/mol. The average Bonchev–Trinajstić information content (AvgIpc) is 3.15. The molecule has 0 spiro atoms. The van der Waals surface area contributed by atoms with Gasteiger partial charge in [-0.15, -0.1) is 0 Å². The van der Waals surface area contributed by atoms with Crippen LogP contribution in [0.3, 0.4) is 0 Å². The maximum Gasteiger partial charge on any atom is 0.397 e. The van der Waals surface area contributed by atoms with Crippen LogP contribution in [0, 0.1) is 0 Å². The van der Waals surface area contributed by atoms with Gasteiger partial charge >= 0.3 is 6.18 Å². The van der Waals surface area contributed by atoms with Crippen molar-refractivity contribution in [1.82, 2.24) is 14.7 Å². The monoisotopic (exact) mass is 413 g/mol. The van der Waals surface area contributed by atoms with E-state index in [-0.39, 0.29) is 12.8 Å². The second kappa shape index (κ2) is 8.39. The Morgan fingerprint density at radius 1 is 1.07 bits per heavy atom. The minimum absolute atomic E-state index is 0.147. The van der Waals surface area contributed by atoms with E-state index in [1.54, 1.807) is 0 Å². The van der Waals surface area contributed by atoms with E-state index >= 15 is 0 Å². The van der Waals surface area contributed by atoms with Crippen LogP contribution in [-0.4, -0.2) is 78.9 Å². The van der Waals surface area contributed by atoms with Crippen molar-refractivity contribution < 1.29 is 27.4 Å². The zero-order valence-corrected chi connectivity index (χ0v) is 16.3. The molecular weight excluding hydrogens is 387 g/mol. The number of carbonyl (C=O) groups is 1. The third kappa shape index (κ3) is 5.14. The first-order valence-corrected chi connectivity index (χ1v) is 10.1. The number of piperazine rings is 1. The maximum atomic E-state index is 12.5. The normalized spacial score (nSPS) is 23.4. The number of alkyl halides is 3. The van der Waals surface area contributed by atoms with Crippen molar-refractivity contribution in [2.24, 2.45) is 0 Å². The summed E-state index contributed by atoms with van der Waals surface area (Å²) in [4.78, 5) is 18.0. The molecule has 4 rings (SSSR count). The number of halogens is 3. The van der Waals surface area contributed by atoms with E-state index in [0.717, 1.165) is 57.1 Å². The molecule has 3 aliphatic heterocycles. The minimum Gasteiger partial charge on any atom is -0.454 e. The molecule has 9 heteroatoms. The molecule has 0 N–H and O–H groups in total. The summed E-state index contributed by atoms with van der Waals surface area (Å²) < 4.78 is 48.4. The molecule has 1 aromatic carbocycles. The molecule has 0 bridgehead atoms. The molecule has 1 amide bonds. The molecule has 1 atom stereocenters. The lowest BCUT2D eigenvalue weighted by Gasteiger charge is -2.43. The molecule has 2 fully saturated rings. The lowest BCUT2D eigenvalue weighted by molar-refractivity contribution is -0.163. The van der Waals surface area contributed by atoms with E-state index in [9.17, 15) is 18.0 Å². The van der Waals surface area contributed by atoms with Crippen LogP contribution in [-0.2, 0) is 11.3 Å². The van der Waals surface area contributed by atoms with E-state index in [1.165, 1.54) is 10.5 Å². The second-order valence-corrected chi connectivity index (χ2v) is 7.93.